The molecule has 92 valence electrons. The number of hydrogen-bond donors (Lipinski definition) is 1. The average molecular weight is 289 g/mol. The predicted molar refractivity (Wildman–Crippen MR) is 70.3 cm³/mol. The van der Waals surface area contributed by atoms with Crippen molar-refractivity contribution in [2.45, 2.75) is 26.3 Å². The van der Waals surface area contributed by atoms with Crippen molar-refractivity contribution in [1.82, 2.24) is 4.90 Å². The maximum Gasteiger partial charge on any atom is 0.169 e. The standard InChI is InChI=1S/C12H21BrN2O/c1-4-9(2)8-15(3)10(7-14)11-5-6-12(13)16-11/h5-6,9-10H,4,7-8,14H2,1-3H3. The molecule has 0 fully saturated rings. The van der Waals surface area contributed by atoms with Gasteiger partial charge in [0.2, 0.25) is 0 Å². The normalized spacial score (nSPS) is 15.4. The molecule has 2 N–H and O–H groups in total. The number of rotatable bonds is 6. The van der Waals surface area contributed by atoms with Gasteiger partial charge in [0.15, 0.2) is 4.67 Å². The van der Waals surface area contributed by atoms with Gasteiger partial charge in [-0.15, -0.1) is 0 Å². The van der Waals surface area contributed by atoms with E-state index in [1.165, 1.54) is 6.42 Å². The lowest BCUT2D eigenvalue weighted by Gasteiger charge is -2.27. The number of hydrogen-bond acceptors (Lipinski definition) is 3. The van der Waals surface area contributed by atoms with Crippen LogP contribution in [0.5, 0.6) is 0 Å². The monoisotopic (exact) mass is 288 g/mol. The van der Waals surface area contributed by atoms with Crippen molar-refractivity contribution in [3.05, 3.63) is 22.6 Å². The second-order valence-corrected chi connectivity index (χ2v) is 5.13. The Morgan fingerprint density at radius 2 is 2.19 bits per heavy atom. The molecular formula is C12H21BrN2O. The molecular weight excluding hydrogens is 268 g/mol. The maximum absolute atomic E-state index is 5.82. The first-order chi connectivity index (χ1) is 7.58. The number of halogens is 1. The SMILES string of the molecule is CCC(C)CN(C)C(CN)c1ccc(Br)o1. The molecule has 0 bridgehead atoms. The molecule has 16 heavy (non-hydrogen) atoms. The minimum Gasteiger partial charge on any atom is -0.453 e. The zero-order valence-corrected chi connectivity index (χ0v) is 11.8. The van der Waals surface area contributed by atoms with Crippen molar-refractivity contribution in [1.29, 1.82) is 0 Å². The predicted octanol–water partition coefficient (Wildman–Crippen LogP) is 3.02. The molecule has 2 unspecified atom stereocenters. The lowest BCUT2D eigenvalue weighted by atomic mass is 10.1. The van der Waals surface area contributed by atoms with Gasteiger partial charge in [0.25, 0.3) is 0 Å². The molecule has 1 rings (SSSR count). The van der Waals surface area contributed by atoms with Gasteiger partial charge in [0, 0.05) is 13.1 Å². The van der Waals surface area contributed by atoms with Crippen LogP contribution in [0.2, 0.25) is 0 Å². The highest BCUT2D eigenvalue weighted by molar-refractivity contribution is 9.10. The van der Waals surface area contributed by atoms with Crippen molar-refractivity contribution in [2.24, 2.45) is 11.7 Å². The van der Waals surface area contributed by atoms with E-state index in [4.69, 9.17) is 10.2 Å². The molecule has 0 aromatic carbocycles. The van der Waals surface area contributed by atoms with Crippen LogP contribution in [0.25, 0.3) is 0 Å². The van der Waals surface area contributed by atoms with Gasteiger partial charge in [-0.1, -0.05) is 20.3 Å². The molecule has 0 aliphatic rings. The average Bonchev–Trinajstić information content (AvgIpc) is 2.65. The summed E-state index contributed by atoms with van der Waals surface area (Å²) in [5, 5.41) is 0. The molecule has 3 nitrogen and oxygen atoms in total. The van der Waals surface area contributed by atoms with Gasteiger partial charge in [0.05, 0.1) is 6.04 Å². The Morgan fingerprint density at radius 3 is 2.62 bits per heavy atom. The lowest BCUT2D eigenvalue weighted by Crippen LogP contribution is -2.33. The van der Waals surface area contributed by atoms with E-state index in [0.29, 0.717) is 12.5 Å². The topological polar surface area (TPSA) is 42.4 Å². The highest BCUT2D eigenvalue weighted by atomic mass is 79.9. The summed E-state index contributed by atoms with van der Waals surface area (Å²) in [7, 11) is 2.10. The van der Waals surface area contributed by atoms with Crippen LogP contribution in [0.1, 0.15) is 32.1 Å². The van der Waals surface area contributed by atoms with E-state index >= 15 is 0 Å². The van der Waals surface area contributed by atoms with Crippen LogP contribution in [0, 0.1) is 5.92 Å². The van der Waals surface area contributed by atoms with Gasteiger partial charge in [0.1, 0.15) is 5.76 Å². The molecule has 0 saturated heterocycles. The Balaban J connectivity index is 2.66. The second-order valence-electron chi connectivity index (χ2n) is 4.35. The summed E-state index contributed by atoms with van der Waals surface area (Å²) in [5.74, 6) is 1.61. The Kier molecular flexibility index (Phi) is 5.52. The van der Waals surface area contributed by atoms with Gasteiger partial charge < -0.3 is 10.2 Å². The van der Waals surface area contributed by atoms with E-state index in [-0.39, 0.29) is 6.04 Å². The largest absolute Gasteiger partial charge is 0.453 e. The van der Waals surface area contributed by atoms with Gasteiger partial charge in [-0.05, 0) is 41.0 Å². The third-order valence-corrected chi connectivity index (χ3v) is 3.40. The van der Waals surface area contributed by atoms with Crippen LogP contribution in [0.15, 0.2) is 21.2 Å². The van der Waals surface area contributed by atoms with Gasteiger partial charge in [-0.25, -0.2) is 0 Å². The van der Waals surface area contributed by atoms with Crippen LogP contribution < -0.4 is 5.73 Å². The van der Waals surface area contributed by atoms with Crippen LogP contribution in [-0.4, -0.2) is 25.0 Å². The summed E-state index contributed by atoms with van der Waals surface area (Å²) in [4.78, 5) is 2.26. The summed E-state index contributed by atoms with van der Waals surface area (Å²) >= 11 is 3.32. The molecule has 0 radical (unpaired) electrons. The Hall–Kier alpha value is -0.320. The summed E-state index contributed by atoms with van der Waals surface area (Å²) < 4.78 is 6.33. The van der Waals surface area contributed by atoms with Gasteiger partial charge >= 0.3 is 0 Å². The molecule has 1 aromatic heterocycles. The minimum absolute atomic E-state index is 0.167. The Morgan fingerprint density at radius 1 is 1.50 bits per heavy atom. The molecule has 4 heteroatoms. The maximum atomic E-state index is 5.82. The number of furan rings is 1. The molecule has 2 atom stereocenters. The van der Waals surface area contributed by atoms with Crippen molar-refractivity contribution < 1.29 is 4.42 Å². The van der Waals surface area contributed by atoms with Crippen LogP contribution >= 0.6 is 15.9 Å². The molecule has 0 spiro atoms. The Labute approximate surface area is 106 Å². The quantitative estimate of drug-likeness (QED) is 0.875. The second kappa shape index (κ2) is 6.42. The summed E-state index contributed by atoms with van der Waals surface area (Å²) in [6, 6.07) is 4.06. The minimum atomic E-state index is 0.167. The number of nitrogens with two attached hydrogens (primary N) is 1. The Bertz CT molecular complexity index is 314. The third kappa shape index (κ3) is 3.61. The number of nitrogens with zero attached hydrogens (tertiary/aromatic N) is 1. The molecule has 1 heterocycles. The van der Waals surface area contributed by atoms with Crippen molar-refractivity contribution >= 4 is 15.9 Å². The lowest BCUT2D eigenvalue weighted by molar-refractivity contribution is 0.191. The fourth-order valence-corrected chi connectivity index (χ4v) is 2.09. The third-order valence-electron chi connectivity index (χ3n) is 2.97. The van der Waals surface area contributed by atoms with Crippen molar-refractivity contribution in [2.75, 3.05) is 20.1 Å². The van der Waals surface area contributed by atoms with E-state index in [0.717, 1.165) is 17.0 Å². The highest BCUT2D eigenvalue weighted by Gasteiger charge is 2.19. The van der Waals surface area contributed by atoms with Crippen LogP contribution in [-0.2, 0) is 0 Å². The van der Waals surface area contributed by atoms with E-state index in [1.807, 2.05) is 12.1 Å². The smallest absolute Gasteiger partial charge is 0.169 e. The first kappa shape index (κ1) is 13.7. The van der Waals surface area contributed by atoms with Gasteiger partial charge in [-0.3, -0.25) is 4.90 Å². The van der Waals surface area contributed by atoms with Gasteiger partial charge in [-0.2, -0.15) is 0 Å². The van der Waals surface area contributed by atoms with Crippen molar-refractivity contribution in [3.63, 3.8) is 0 Å². The fraction of sp³-hybridized carbons (Fsp3) is 0.667. The summed E-state index contributed by atoms with van der Waals surface area (Å²) in [6.07, 6.45) is 1.18. The first-order valence-electron chi connectivity index (χ1n) is 5.74. The summed E-state index contributed by atoms with van der Waals surface area (Å²) in [5.41, 5.74) is 5.82. The fourth-order valence-electron chi connectivity index (χ4n) is 1.77. The first-order valence-corrected chi connectivity index (χ1v) is 6.53. The van der Waals surface area contributed by atoms with E-state index in [9.17, 15) is 0 Å². The van der Waals surface area contributed by atoms with Crippen LogP contribution in [0.4, 0.5) is 0 Å². The zero-order chi connectivity index (χ0) is 12.1. The van der Waals surface area contributed by atoms with E-state index in [2.05, 4.69) is 41.7 Å². The number of likely N-dealkylation sites (N-methyl/N-ethyl adjacent to an activating group) is 1. The molecule has 0 amide bonds. The van der Waals surface area contributed by atoms with E-state index in [1.54, 1.807) is 0 Å². The zero-order valence-electron chi connectivity index (χ0n) is 10.2. The molecule has 0 saturated carbocycles. The molecule has 1 aromatic rings. The molecule has 0 aliphatic heterocycles. The summed E-state index contributed by atoms with van der Waals surface area (Å²) in [6.45, 7) is 6.07. The highest BCUT2D eigenvalue weighted by Crippen LogP contribution is 2.24. The van der Waals surface area contributed by atoms with Crippen LogP contribution in [0.3, 0.4) is 0 Å². The van der Waals surface area contributed by atoms with E-state index < -0.39 is 0 Å². The van der Waals surface area contributed by atoms with Crippen molar-refractivity contribution in [3.8, 4) is 0 Å². The molecule has 0 aliphatic carbocycles.